The third-order valence-corrected chi connectivity index (χ3v) is 5.97. The van der Waals surface area contributed by atoms with Gasteiger partial charge in [-0.1, -0.05) is 84.0 Å². The van der Waals surface area contributed by atoms with Crippen LogP contribution in [0.15, 0.2) is 12.3 Å². The summed E-state index contributed by atoms with van der Waals surface area (Å²) in [7, 11) is 0. The normalized spacial score (nSPS) is 22.9. The lowest BCUT2D eigenvalue weighted by Crippen LogP contribution is -2.55. The van der Waals surface area contributed by atoms with Crippen LogP contribution in [0.2, 0.25) is 0 Å². The highest BCUT2D eigenvalue weighted by molar-refractivity contribution is 5.80. The van der Waals surface area contributed by atoms with E-state index < -0.39 is 18.7 Å². The van der Waals surface area contributed by atoms with Gasteiger partial charge in [-0.25, -0.2) is 4.79 Å². The van der Waals surface area contributed by atoms with Crippen molar-refractivity contribution in [1.29, 1.82) is 0 Å². The molecule has 3 unspecified atom stereocenters. The van der Waals surface area contributed by atoms with Crippen molar-refractivity contribution in [3.63, 3.8) is 0 Å². The van der Waals surface area contributed by atoms with E-state index in [4.69, 9.17) is 14.6 Å². The Morgan fingerprint density at radius 3 is 2.19 bits per heavy atom. The van der Waals surface area contributed by atoms with E-state index in [1.165, 1.54) is 75.5 Å². The number of aliphatic hydroxyl groups is 1. The molecule has 3 amide bonds. The molecule has 2 aliphatic heterocycles. The number of amides is 3. The van der Waals surface area contributed by atoms with Crippen molar-refractivity contribution in [2.24, 2.45) is 0 Å². The van der Waals surface area contributed by atoms with E-state index >= 15 is 0 Å². The fourth-order valence-electron chi connectivity index (χ4n) is 4.05. The topological polar surface area (TPSA) is 100 Å². The second-order valence-electron chi connectivity index (χ2n) is 8.77. The van der Waals surface area contributed by atoms with Crippen molar-refractivity contribution >= 4 is 11.9 Å². The van der Waals surface area contributed by atoms with E-state index in [9.17, 15) is 9.59 Å². The number of hydrogen-bond acceptors (Lipinski definition) is 5. The van der Waals surface area contributed by atoms with Gasteiger partial charge in [0, 0.05) is 12.6 Å². The molecule has 0 aromatic heterocycles. The Hall–Kier alpha value is -1.64. The van der Waals surface area contributed by atoms with Gasteiger partial charge in [0.25, 0.3) is 0 Å². The summed E-state index contributed by atoms with van der Waals surface area (Å²) in [6.07, 6.45) is 18.5. The second kappa shape index (κ2) is 16.0. The standard InChI is InChI=1S/C24H43N3O5/c1-2-3-4-5-6-7-8-9-10-11-12-13-14-15-21(29)25-20-16-17-27(24(30)26-20)22-19-31-23(18-28)32-22/h16-17,20,22-23,28H,2-15,18-19H2,1H3,(H,25,29)(H,26,30). The molecule has 0 aromatic carbocycles. The fourth-order valence-corrected chi connectivity index (χ4v) is 4.05. The summed E-state index contributed by atoms with van der Waals surface area (Å²) in [5.74, 6) is -0.0581. The first-order chi connectivity index (χ1) is 15.6. The first-order valence-electron chi connectivity index (χ1n) is 12.6. The van der Waals surface area contributed by atoms with Crippen molar-refractivity contribution in [2.75, 3.05) is 13.2 Å². The van der Waals surface area contributed by atoms with E-state index in [1.54, 1.807) is 12.3 Å². The van der Waals surface area contributed by atoms with Crippen molar-refractivity contribution in [3.8, 4) is 0 Å². The number of rotatable bonds is 17. The zero-order valence-corrected chi connectivity index (χ0v) is 19.7. The molecular weight excluding hydrogens is 410 g/mol. The van der Waals surface area contributed by atoms with Crippen molar-refractivity contribution in [3.05, 3.63) is 12.3 Å². The third-order valence-electron chi connectivity index (χ3n) is 5.97. The number of urea groups is 1. The van der Waals surface area contributed by atoms with Gasteiger partial charge in [-0.2, -0.15) is 0 Å². The van der Waals surface area contributed by atoms with Gasteiger partial charge in [0.1, 0.15) is 6.17 Å². The van der Waals surface area contributed by atoms with E-state index in [-0.39, 0.29) is 25.2 Å². The molecule has 3 N–H and O–H groups in total. The van der Waals surface area contributed by atoms with Gasteiger partial charge in [0.15, 0.2) is 12.5 Å². The van der Waals surface area contributed by atoms with Crippen LogP contribution in [0.4, 0.5) is 4.79 Å². The van der Waals surface area contributed by atoms with Crippen molar-refractivity contribution < 1.29 is 24.2 Å². The second-order valence-corrected chi connectivity index (χ2v) is 8.77. The molecule has 0 radical (unpaired) electrons. The number of unbranched alkanes of at least 4 members (excludes halogenated alkanes) is 12. The maximum atomic E-state index is 12.3. The van der Waals surface area contributed by atoms with Crippen LogP contribution in [-0.4, -0.2) is 53.8 Å². The maximum Gasteiger partial charge on any atom is 0.325 e. The maximum absolute atomic E-state index is 12.3. The molecule has 32 heavy (non-hydrogen) atoms. The molecule has 2 heterocycles. The molecule has 3 atom stereocenters. The summed E-state index contributed by atoms with van der Waals surface area (Å²) in [5, 5.41) is 14.6. The Labute approximate surface area is 193 Å². The van der Waals surface area contributed by atoms with Gasteiger partial charge in [0.05, 0.1) is 13.2 Å². The quantitative estimate of drug-likeness (QED) is 0.287. The smallest absolute Gasteiger partial charge is 0.325 e. The zero-order chi connectivity index (χ0) is 23.0. The lowest BCUT2D eigenvalue weighted by molar-refractivity contribution is -0.121. The molecule has 0 aromatic rings. The molecule has 8 heteroatoms. The molecule has 1 saturated heterocycles. The average Bonchev–Trinajstić information content (AvgIpc) is 3.26. The Bertz CT molecular complexity index is 572. The minimum absolute atomic E-state index is 0.0581. The molecule has 0 bridgehead atoms. The zero-order valence-electron chi connectivity index (χ0n) is 19.7. The van der Waals surface area contributed by atoms with Crippen LogP contribution in [0.1, 0.15) is 96.8 Å². The Morgan fingerprint density at radius 1 is 1.06 bits per heavy atom. The van der Waals surface area contributed by atoms with Crippen LogP contribution in [0.25, 0.3) is 0 Å². The van der Waals surface area contributed by atoms with Crippen molar-refractivity contribution in [2.45, 2.75) is 115 Å². The van der Waals surface area contributed by atoms with Crippen LogP contribution in [0.3, 0.4) is 0 Å². The van der Waals surface area contributed by atoms with Crippen LogP contribution in [0.5, 0.6) is 0 Å². The molecular formula is C24H43N3O5. The Kier molecular flexibility index (Phi) is 13.3. The highest BCUT2D eigenvalue weighted by atomic mass is 16.7. The number of ether oxygens (including phenoxy) is 2. The predicted octanol–water partition coefficient (Wildman–Crippen LogP) is 4.14. The van der Waals surface area contributed by atoms with E-state index in [1.807, 2.05) is 0 Å². The lowest BCUT2D eigenvalue weighted by Gasteiger charge is -2.30. The monoisotopic (exact) mass is 453 g/mol. The highest BCUT2D eigenvalue weighted by Crippen LogP contribution is 2.18. The number of carbonyl (C=O) groups is 2. The van der Waals surface area contributed by atoms with Gasteiger partial charge in [-0.3, -0.25) is 9.69 Å². The molecule has 2 aliphatic rings. The molecule has 0 aliphatic carbocycles. The summed E-state index contributed by atoms with van der Waals surface area (Å²) >= 11 is 0. The number of hydrogen-bond donors (Lipinski definition) is 3. The van der Waals surface area contributed by atoms with Crippen LogP contribution in [-0.2, 0) is 14.3 Å². The largest absolute Gasteiger partial charge is 0.391 e. The SMILES string of the molecule is CCCCCCCCCCCCCCCC(=O)NC1C=CN(C2COC(CO)O2)C(=O)N1. The Morgan fingerprint density at radius 2 is 1.66 bits per heavy atom. The fraction of sp³-hybridized carbons (Fsp3) is 0.833. The summed E-state index contributed by atoms with van der Waals surface area (Å²) in [4.78, 5) is 25.8. The molecule has 8 nitrogen and oxygen atoms in total. The van der Waals surface area contributed by atoms with Gasteiger partial charge in [-0.15, -0.1) is 0 Å². The molecule has 184 valence electrons. The van der Waals surface area contributed by atoms with E-state index in [0.717, 1.165) is 12.8 Å². The number of carbonyl (C=O) groups excluding carboxylic acids is 2. The molecule has 0 spiro atoms. The Balaban J connectivity index is 1.45. The van der Waals surface area contributed by atoms with Gasteiger partial charge < -0.3 is 25.2 Å². The van der Waals surface area contributed by atoms with Gasteiger partial charge in [-0.05, 0) is 12.5 Å². The van der Waals surface area contributed by atoms with Gasteiger partial charge in [0.2, 0.25) is 5.91 Å². The number of aliphatic hydroxyl groups excluding tert-OH is 1. The summed E-state index contributed by atoms with van der Waals surface area (Å²) in [6, 6.07) is -0.369. The van der Waals surface area contributed by atoms with Crippen LogP contribution in [0, 0.1) is 0 Å². The molecule has 2 rings (SSSR count). The summed E-state index contributed by atoms with van der Waals surface area (Å²) < 4.78 is 10.6. The summed E-state index contributed by atoms with van der Waals surface area (Å²) in [6.45, 7) is 2.19. The number of nitrogens with one attached hydrogen (secondary N) is 2. The van der Waals surface area contributed by atoms with Crippen LogP contribution >= 0.6 is 0 Å². The molecule has 0 saturated carbocycles. The first-order valence-corrected chi connectivity index (χ1v) is 12.6. The molecule has 1 fully saturated rings. The summed E-state index contributed by atoms with van der Waals surface area (Å²) in [5.41, 5.74) is 0. The predicted molar refractivity (Wildman–Crippen MR) is 123 cm³/mol. The highest BCUT2D eigenvalue weighted by Gasteiger charge is 2.34. The third kappa shape index (κ3) is 10.3. The lowest BCUT2D eigenvalue weighted by atomic mass is 10.0. The van der Waals surface area contributed by atoms with Gasteiger partial charge >= 0.3 is 6.03 Å². The van der Waals surface area contributed by atoms with Crippen LogP contribution < -0.4 is 10.6 Å². The number of nitrogens with zero attached hydrogens (tertiary/aromatic N) is 1. The minimum Gasteiger partial charge on any atom is -0.391 e. The van der Waals surface area contributed by atoms with E-state index in [0.29, 0.717) is 6.42 Å². The minimum atomic E-state index is -0.709. The van der Waals surface area contributed by atoms with E-state index in [2.05, 4.69) is 17.6 Å². The first kappa shape index (κ1) is 26.6. The average molecular weight is 454 g/mol. The van der Waals surface area contributed by atoms with Crippen molar-refractivity contribution in [1.82, 2.24) is 15.5 Å².